The molecule has 0 atom stereocenters. The monoisotopic (exact) mass is 248 g/mol. The molecule has 1 aliphatic rings. The lowest BCUT2D eigenvalue weighted by Gasteiger charge is -2.16. The third-order valence-corrected chi connectivity index (χ3v) is 5.52. The van der Waals surface area contributed by atoms with E-state index in [0.717, 1.165) is 19.1 Å². The van der Waals surface area contributed by atoms with E-state index >= 15 is 0 Å². The van der Waals surface area contributed by atoms with E-state index in [1.807, 2.05) is 0 Å². The van der Waals surface area contributed by atoms with Gasteiger partial charge in [0.2, 0.25) is 0 Å². The molecule has 0 saturated heterocycles. The minimum absolute atomic E-state index is 0.776. The van der Waals surface area contributed by atoms with Crippen molar-refractivity contribution in [3.8, 4) is 0 Å². The molecule has 0 spiro atoms. The first-order valence-electron chi connectivity index (χ1n) is 6.73. The van der Waals surface area contributed by atoms with Gasteiger partial charge >= 0.3 is 0 Å². The Kier molecular flexibility index (Phi) is 4.05. The third-order valence-electron chi connectivity index (χ3n) is 3.46. The standard InChI is InChI=1S/C15H24OSi/c1-17(2,3)15-8-6-14(7-9-15)12-16-11-10-13-4-5-13/h6-9,13H,4-5,10-12H2,1-3H3. The summed E-state index contributed by atoms with van der Waals surface area (Å²) in [6.45, 7) is 8.86. The van der Waals surface area contributed by atoms with E-state index < -0.39 is 8.07 Å². The molecule has 1 fully saturated rings. The maximum absolute atomic E-state index is 5.71. The summed E-state index contributed by atoms with van der Waals surface area (Å²) in [4.78, 5) is 0. The Hall–Kier alpha value is -0.603. The zero-order chi connectivity index (χ0) is 12.3. The van der Waals surface area contributed by atoms with Crippen molar-refractivity contribution >= 4 is 13.3 Å². The van der Waals surface area contributed by atoms with Crippen LogP contribution in [-0.4, -0.2) is 14.7 Å². The number of ether oxygens (including phenoxy) is 1. The first-order valence-corrected chi connectivity index (χ1v) is 10.2. The van der Waals surface area contributed by atoms with Gasteiger partial charge in [0, 0.05) is 6.61 Å². The van der Waals surface area contributed by atoms with Crippen molar-refractivity contribution in [3.63, 3.8) is 0 Å². The van der Waals surface area contributed by atoms with Crippen molar-refractivity contribution in [2.24, 2.45) is 5.92 Å². The molecule has 1 aromatic rings. The van der Waals surface area contributed by atoms with Crippen LogP contribution in [0, 0.1) is 5.92 Å². The van der Waals surface area contributed by atoms with Crippen LogP contribution in [0.25, 0.3) is 0 Å². The zero-order valence-corrected chi connectivity index (χ0v) is 12.3. The SMILES string of the molecule is C[Si](C)(C)c1ccc(COCCC2CC2)cc1. The Balaban J connectivity index is 1.76. The Morgan fingerprint density at radius 2 is 1.76 bits per heavy atom. The highest BCUT2D eigenvalue weighted by molar-refractivity contribution is 6.88. The molecule has 0 amide bonds. The number of benzene rings is 1. The third kappa shape index (κ3) is 4.28. The van der Waals surface area contributed by atoms with E-state index in [2.05, 4.69) is 43.9 Å². The van der Waals surface area contributed by atoms with Gasteiger partial charge in [-0.15, -0.1) is 0 Å². The van der Waals surface area contributed by atoms with Gasteiger partial charge in [0.05, 0.1) is 14.7 Å². The molecule has 0 aromatic heterocycles. The number of hydrogen-bond donors (Lipinski definition) is 0. The Morgan fingerprint density at radius 3 is 2.29 bits per heavy atom. The van der Waals surface area contributed by atoms with E-state index in [-0.39, 0.29) is 0 Å². The summed E-state index contributed by atoms with van der Waals surface area (Å²) >= 11 is 0. The minimum atomic E-state index is -1.14. The van der Waals surface area contributed by atoms with Crippen LogP contribution >= 0.6 is 0 Å². The first-order chi connectivity index (χ1) is 8.05. The van der Waals surface area contributed by atoms with Gasteiger partial charge in [-0.2, -0.15) is 0 Å². The van der Waals surface area contributed by atoms with Crippen molar-refractivity contribution in [1.29, 1.82) is 0 Å². The van der Waals surface area contributed by atoms with Crippen molar-refractivity contribution in [2.75, 3.05) is 6.61 Å². The van der Waals surface area contributed by atoms with Crippen molar-refractivity contribution in [2.45, 2.75) is 45.5 Å². The summed E-state index contributed by atoms with van der Waals surface area (Å²) in [7, 11) is -1.14. The summed E-state index contributed by atoms with van der Waals surface area (Å²) in [5.41, 5.74) is 1.31. The lowest BCUT2D eigenvalue weighted by atomic mass is 10.2. The molecule has 17 heavy (non-hydrogen) atoms. The molecule has 0 aliphatic heterocycles. The predicted molar refractivity (Wildman–Crippen MR) is 76.4 cm³/mol. The van der Waals surface area contributed by atoms with Crippen molar-refractivity contribution in [1.82, 2.24) is 0 Å². The predicted octanol–water partition coefficient (Wildman–Crippen LogP) is 3.55. The van der Waals surface area contributed by atoms with Gasteiger partial charge in [-0.3, -0.25) is 0 Å². The zero-order valence-electron chi connectivity index (χ0n) is 11.3. The number of rotatable bonds is 6. The summed E-state index contributed by atoms with van der Waals surface area (Å²) in [6.07, 6.45) is 4.11. The highest BCUT2D eigenvalue weighted by Gasteiger charge is 2.20. The molecule has 0 radical (unpaired) electrons. The minimum Gasteiger partial charge on any atom is -0.377 e. The number of hydrogen-bond acceptors (Lipinski definition) is 1. The average Bonchev–Trinajstić information content (AvgIpc) is 3.08. The largest absolute Gasteiger partial charge is 0.377 e. The van der Waals surface area contributed by atoms with Crippen molar-refractivity contribution < 1.29 is 4.74 Å². The molecule has 2 rings (SSSR count). The van der Waals surface area contributed by atoms with Gasteiger partial charge in [0.25, 0.3) is 0 Å². The molecular formula is C15H24OSi. The van der Waals surface area contributed by atoms with Gasteiger partial charge in [-0.1, -0.05) is 61.9 Å². The summed E-state index contributed by atoms with van der Waals surface area (Å²) in [5.74, 6) is 0.976. The molecule has 94 valence electrons. The highest BCUT2D eigenvalue weighted by atomic mass is 28.3. The summed E-state index contributed by atoms with van der Waals surface area (Å²) in [5, 5.41) is 1.53. The summed E-state index contributed by atoms with van der Waals surface area (Å²) < 4.78 is 5.71. The van der Waals surface area contributed by atoms with Crippen LogP contribution in [0.2, 0.25) is 19.6 Å². The molecular weight excluding hydrogens is 224 g/mol. The van der Waals surface area contributed by atoms with Crippen LogP contribution in [0.15, 0.2) is 24.3 Å². The van der Waals surface area contributed by atoms with E-state index in [4.69, 9.17) is 4.74 Å². The van der Waals surface area contributed by atoms with Crippen LogP contribution in [0.3, 0.4) is 0 Å². The molecule has 0 unspecified atom stereocenters. The van der Waals surface area contributed by atoms with Crippen LogP contribution in [0.5, 0.6) is 0 Å². The van der Waals surface area contributed by atoms with Crippen LogP contribution in [0.1, 0.15) is 24.8 Å². The van der Waals surface area contributed by atoms with Crippen LogP contribution in [0.4, 0.5) is 0 Å². The lowest BCUT2D eigenvalue weighted by Crippen LogP contribution is -2.37. The summed E-state index contributed by atoms with van der Waals surface area (Å²) in [6, 6.07) is 9.02. The normalized spacial score (nSPS) is 16.2. The average molecular weight is 248 g/mol. The van der Waals surface area contributed by atoms with Crippen molar-refractivity contribution in [3.05, 3.63) is 29.8 Å². The van der Waals surface area contributed by atoms with E-state index in [0.29, 0.717) is 0 Å². The van der Waals surface area contributed by atoms with E-state index in [1.54, 1.807) is 0 Å². The maximum Gasteiger partial charge on any atom is 0.0775 e. The van der Waals surface area contributed by atoms with E-state index in [1.165, 1.54) is 30.0 Å². The maximum atomic E-state index is 5.71. The van der Waals surface area contributed by atoms with Crippen LogP contribution < -0.4 is 5.19 Å². The van der Waals surface area contributed by atoms with Gasteiger partial charge in [0.1, 0.15) is 0 Å². The molecule has 2 heteroatoms. The van der Waals surface area contributed by atoms with E-state index in [9.17, 15) is 0 Å². The molecule has 0 N–H and O–H groups in total. The highest BCUT2D eigenvalue weighted by Crippen LogP contribution is 2.32. The Bertz CT molecular complexity index is 346. The second kappa shape index (κ2) is 5.36. The fourth-order valence-corrected chi connectivity index (χ4v) is 3.11. The molecule has 1 aromatic carbocycles. The molecule has 1 saturated carbocycles. The quantitative estimate of drug-likeness (QED) is 0.552. The Morgan fingerprint density at radius 1 is 1.12 bits per heavy atom. The topological polar surface area (TPSA) is 9.23 Å². The Labute approximate surface area is 106 Å². The molecule has 0 bridgehead atoms. The second-order valence-electron chi connectivity index (χ2n) is 6.23. The van der Waals surface area contributed by atoms with Gasteiger partial charge in [-0.05, 0) is 17.9 Å². The molecule has 1 nitrogen and oxygen atoms in total. The first kappa shape index (κ1) is 12.8. The fraction of sp³-hybridized carbons (Fsp3) is 0.600. The van der Waals surface area contributed by atoms with Gasteiger partial charge < -0.3 is 4.74 Å². The van der Waals surface area contributed by atoms with Gasteiger partial charge in [0.15, 0.2) is 0 Å². The van der Waals surface area contributed by atoms with Gasteiger partial charge in [-0.25, -0.2) is 0 Å². The fourth-order valence-electron chi connectivity index (χ4n) is 1.95. The smallest absolute Gasteiger partial charge is 0.0775 e. The second-order valence-corrected chi connectivity index (χ2v) is 11.3. The lowest BCUT2D eigenvalue weighted by molar-refractivity contribution is 0.115. The molecule has 0 heterocycles. The van der Waals surface area contributed by atoms with Crippen LogP contribution in [-0.2, 0) is 11.3 Å². The molecule has 1 aliphatic carbocycles.